The molecular weight excluding hydrogens is 500 g/mol. The standard InChI is InChI=1S/C38H48N2O/c1-14-25-24(5)41-38(28(25)15-2)31-16-26-22(3)20-35(6,7)39(12)33(26)18-29(31)37(10,11)30-19-34-27(17-32(30)38)23(4)21-36(8,9)40(34)13/h14-21,24H,1-13H3/b25-14-,28-15+. The Morgan fingerprint density at radius 2 is 1.12 bits per heavy atom. The van der Waals surface area contributed by atoms with Crippen LogP contribution in [-0.4, -0.2) is 31.3 Å². The number of hydrogen-bond acceptors (Lipinski definition) is 3. The summed E-state index contributed by atoms with van der Waals surface area (Å²) in [7, 11) is 4.47. The van der Waals surface area contributed by atoms with E-state index in [0.717, 1.165) is 0 Å². The minimum Gasteiger partial charge on any atom is -0.365 e. The second kappa shape index (κ2) is 8.51. The fourth-order valence-electron chi connectivity index (χ4n) is 8.29. The number of rotatable bonds is 0. The zero-order chi connectivity index (χ0) is 30.0. The summed E-state index contributed by atoms with van der Waals surface area (Å²) in [6.07, 6.45) is 9.37. The van der Waals surface area contributed by atoms with Gasteiger partial charge >= 0.3 is 0 Å². The highest BCUT2D eigenvalue weighted by atomic mass is 16.5. The molecule has 0 bridgehead atoms. The first-order valence-electron chi connectivity index (χ1n) is 15.3. The van der Waals surface area contributed by atoms with Gasteiger partial charge in [0.2, 0.25) is 0 Å². The first-order valence-corrected chi connectivity index (χ1v) is 15.3. The van der Waals surface area contributed by atoms with Gasteiger partial charge in [-0.15, -0.1) is 0 Å². The average molecular weight is 549 g/mol. The lowest BCUT2D eigenvalue weighted by Crippen LogP contribution is -2.45. The lowest BCUT2D eigenvalue weighted by molar-refractivity contribution is 0.00730. The van der Waals surface area contributed by atoms with Gasteiger partial charge in [-0.2, -0.15) is 0 Å². The van der Waals surface area contributed by atoms with E-state index in [4.69, 9.17) is 4.74 Å². The van der Waals surface area contributed by atoms with E-state index in [1.54, 1.807) is 0 Å². The largest absolute Gasteiger partial charge is 0.365 e. The molecule has 1 fully saturated rings. The summed E-state index contributed by atoms with van der Waals surface area (Å²) in [6.45, 7) is 25.1. The molecule has 6 rings (SSSR count). The van der Waals surface area contributed by atoms with Gasteiger partial charge < -0.3 is 14.5 Å². The summed E-state index contributed by atoms with van der Waals surface area (Å²) < 4.78 is 7.33. The molecule has 0 saturated carbocycles. The van der Waals surface area contributed by atoms with Gasteiger partial charge in [-0.25, -0.2) is 0 Å². The van der Waals surface area contributed by atoms with Crippen LogP contribution in [0.4, 0.5) is 11.4 Å². The van der Waals surface area contributed by atoms with Crippen LogP contribution < -0.4 is 9.80 Å². The molecule has 1 spiro atoms. The van der Waals surface area contributed by atoms with Crippen molar-refractivity contribution >= 4 is 22.5 Å². The van der Waals surface area contributed by atoms with Gasteiger partial charge in [-0.1, -0.05) is 38.2 Å². The molecule has 1 unspecified atom stereocenters. The minimum absolute atomic E-state index is 0.00308. The van der Waals surface area contributed by atoms with E-state index < -0.39 is 5.60 Å². The molecule has 3 heterocycles. The number of fused-ring (bicyclic) bond motifs is 6. The number of anilines is 2. The van der Waals surface area contributed by atoms with Gasteiger partial charge in [0.05, 0.1) is 17.2 Å². The second-order valence-electron chi connectivity index (χ2n) is 14.4. The number of likely N-dealkylation sites (N-methyl/N-ethyl adjacent to an activating group) is 2. The molecule has 3 heteroatoms. The van der Waals surface area contributed by atoms with E-state index in [9.17, 15) is 0 Å². The lowest BCUT2D eigenvalue weighted by Gasteiger charge is -2.49. The van der Waals surface area contributed by atoms with Crippen molar-refractivity contribution in [3.63, 3.8) is 0 Å². The topological polar surface area (TPSA) is 15.7 Å². The van der Waals surface area contributed by atoms with Crippen molar-refractivity contribution in [1.29, 1.82) is 0 Å². The Kier molecular flexibility index (Phi) is 5.83. The van der Waals surface area contributed by atoms with Crippen LogP contribution in [0.2, 0.25) is 0 Å². The molecule has 1 atom stereocenters. The smallest absolute Gasteiger partial charge is 0.145 e. The van der Waals surface area contributed by atoms with Crippen molar-refractivity contribution in [1.82, 2.24) is 0 Å². The summed E-state index contributed by atoms with van der Waals surface area (Å²) in [5, 5.41) is 0. The van der Waals surface area contributed by atoms with E-state index in [0.29, 0.717) is 0 Å². The quantitative estimate of drug-likeness (QED) is 0.326. The molecule has 1 saturated heterocycles. The number of nitrogens with zero attached hydrogens (tertiary/aromatic N) is 2. The maximum Gasteiger partial charge on any atom is 0.145 e. The molecule has 4 aliphatic rings. The normalized spacial score (nSPS) is 26.4. The van der Waals surface area contributed by atoms with Crippen LogP contribution in [0.15, 0.2) is 59.7 Å². The van der Waals surface area contributed by atoms with Crippen LogP contribution in [0.5, 0.6) is 0 Å². The molecule has 0 amide bonds. The molecule has 216 valence electrons. The van der Waals surface area contributed by atoms with Crippen molar-refractivity contribution in [3.8, 4) is 0 Å². The fraction of sp³-hybridized carbons (Fsp3) is 0.474. The third-order valence-electron chi connectivity index (χ3n) is 10.9. The third kappa shape index (κ3) is 3.48. The number of benzene rings is 2. The minimum atomic E-state index is -0.669. The van der Waals surface area contributed by atoms with Crippen LogP contribution in [0.3, 0.4) is 0 Å². The van der Waals surface area contributed by atoms with Gasteiger partial charge in [0.25, 0.3) is 0 Å². The summed E-state index contributed by atoms with van der Waals surface area (Å²) in [6, 6.07) is 9.92. The molecule has 0 N–H and O–H groups in total. The predicted molar refractivity (Wildman–Crippen MR) is 176 cm³/mol. The maximum atomic E-state index is 7.33. The van der Waals surface area contributed by atoms with Crippen molar-refractivity contribution in [3.05, 3.63) is 93.1 Å². The SMILES string of the molecule is C/C=C1\C(=C/C)C2(OC1C)c1cc3c(cc1C(C)(C)c1cc4c(cc12)C(C)=CC(C)(C)N4C)N(C)C(C)(C)C=C3C. The molecule has 3 nitrogen and oxygen atoms in total. The molecule has 3 aliphatic heterocycles. The summed E-state index contributed by atoms with van der Waals surface area (Å²) in [5.74, 6) is 0. The van der Waals surface area contributed by atoms with Crippen LogP contribution in [0, 0.1) is 0 Å². The van der Waals surface area contributed by atoms with E-state index in [1.165, 1.54) is 67.0 Å². The van der Waals surface area contributed by atoms with Gasteiger partial charge in [0.1, 0.15) is 5.60 Å². The van der Waals surface area contributed by atoms with Gasteiger partial charge in [0.15, 0.2) is 0 Å². The average Bonchev–Trinajstić information content (AvgIpc) is 3.19. The highest BCUT2D eigenvalue weighted by Gasteiger charge is 2.56. The Morgan fingerprint density at radius 3 is 1.51 bits per heavy atom. The zero-order valence-corrected chi connectivity index (χ0v) is 27.5. The summed E-state index contributed by atoms with van der Waals surface area (Å²) >= 11 is 0. The van der Waals surface area contributed by atoms with Crippen LogP contribution in [0.25, 0.3) is 11.1 Å². The van der Waals surface area contributed by atoms with Crippen LogP contribution in [0.1, 0.15) is 110 Å². The molecule has 0 aromatic heterocycles. The van der Waals surface area contributed by atoms with Gasteiger partial charge in [-0.05, 0) is 131 Å². The third-order valence-corrected chi connectivity index (χ3v) is 10.9. The van der Waals surface area contributed by atoms with Crippen molar-refractivity contribution in [2.24, 2.45) is 0 Å². The Labute approximate surface area is 248 Å². The predicted octanol–water partition coefficient (Wildman–Crippen LogP) is 9.14. The summed E-state index contributed by atoms with van der Waals surface area (Å²) in [5.41, 5.74) is 14.7. The van der Waals surface area contributed by atoms with Crippen molar-refractivity contribution in [2.75, 3.05) is 23.9 Å². The Balaban J connectivity index is 1.77. The van der Waals surface area contributed by atoms with E-state index in [-0.39, 0.29) is 22.6 Å². The zero-order valence-electron chi connectivity index (χ0n) is 27.5. The first-order chi connectivity index (χ1) is 19.0. The molecule has 2 aromatic rings. The maximum absolute atomic E-state index is 7.33. The number of allylic oxidation sites excluding steroid dienone is 4. The molecule has 1 aliphatic carbocycles. The van der Waals surface area contributed by atoms with Gasteiger partial charge in [0, 0.05) is 42.0 Å². The molecule has 2 aromatic carbocycles. The highest BCUT2D eigenvalue weighted by molar-refractivity contribution is 5.87. The van der Waals surface area contributed by atoms with Crippen LogP contribution >= 0.6 is 0 Å². The van der Waals surface area contributed by atoms with E-state index in [1.807, 2.05) is 0 Å². The lowest BCUT2D eigenvalue weighted by atomic mass is 9.60. The Hall–Kier alpha value is -3.04. The highest BCUT2D eigenvalue weighted by Crippen LogP contribution is 2.61. The number of hydrogen-bond donors (Lipinski definition) is 0. The molecule has 41 heavy (non-hydrogen) atoms. The van der Waals surface area contributed by atoms with Gasteiger partial charge in [-0.3, -0.25) is 0 Å². The second-order valence-corrected chi connectivity index (χ2v) is 14.4. The Morgan fingerprint density at radius 1 is 0.683 bits per heavy atom. The van der Waals surface area contributed by atoms with E-state index >= 15 is 0 Å². The van der Waals surface area contributed by atoms with Crippen molar-refractivity contribution < 1.29 is 4.74 Å². The summed E-state index contributed by atoms with van der Waals surface area (Å²) in [4.78, 5) is 4.88. The van der Waals surface area contributed by atoms with Crippen molar-refractivity contribution in [2.45, 2.75) is 104 Å². The molecular formula is C38H48N2O. The first kappa shape index (κ1) is 28.1. The molecule has 0 radical (unpaired) electrons. The Bertz CT molecular complexity index is 1530. The van der Waals surface area contributed by atoms with E-state index in [2.05, 4.69) is 149 Å². The number of ether oxygens (including phenoxy) is 1. The van der Waals surface area contributed by atoms with Crippen LogP contribution in [-0.2, 0) is 15.8 Å². The fourth-order valence-corrected chi connectivity index (χ4v) is 8.29. The monoisotopic (exact) mass is 548 g/mol.